The lowest BCUT2D eigenvalue weighted by Gasteiger charge is -2.12. The molecule has 2 rings (SSSR count). The van der Waals surface area contributed by atoms with Gasteiger partial charge in [0.25, 0.3) is 0 Å². The fourth-order valence-corrected chi connectivity index (χ4v) is 2.50. The van der Waals surface area contributed by atoms with Crippen molar-refractivity contribution in [1.82, 2.24) is 10.6 Å². The monoisotopic (exact) mass is 447 g/mol. The van der Waals surface area contributed by atoms with E-state index in [1.54, 1.807) is 25.5 Å². The van der Waals surface area contributed by atoms with E-state index in [-0.39, 0.29) is 24.0 Å². The predicted molar refractivity (Wildman–Crippen MR) is 106 cm³/mol. The van der Waals surface area contributed by atoms with Gasteiger partial charge < -0.3 is 20.1 Å². The Kier molecular flexibility index (Phi) is 9.46. The number of benzene rings is 1. The molecule has 0 aliphatic heterocycles. The molecule has 0 saturated carbocycles. The summed E-state index contributed by atoms with van der Waals surface area (Å²) in [4.78, 5) is 4.18. The molecule has 5 nitrogen and oxygen atoms in total. The van der Waals surface area contributed by atoms with Crippen molar-refractivity contribution in [3.63, 3.8) is 0 Å². The Bertz CT molecular complexity index is 591. The first-order chi connectivity index (χ1) is 10.8. The molecule has 0 aliphatic carbocycles. The van der Waals surface area contributed by atoms with E-state index in [0.717, 1.165) is 24.0 Å². The second-order valence-electron chi connectivity index (χ2n) is 4.51. The topological polar surface area (TPSA) is 54.9 Å². The summed E-state index contributed by atoms with van der Waals surface area (Å²) in [5.74, 6) is 2.35. The number of hydrogen-bond acceptors (Lipinski definition) is 4. The molecule has 0 radical (unpaired) electrons. The highest BCUT2D eigenvalue weighted by molar-refractivity contribution is 14.0. The smallest absolute Gasteiger partial charge is 0.191 e. The fraction of sp³-hybridized carbons (Fsp3) is 0.312. The van der Waals surface area contributed by atoms with E-state index in [1.807, 2.05) is 24.3 Å². The van der Waals surface area contributed by atoms with E-state index in [2.05, 4.69) is 32.5 Å². The number of nitrogens with zero attached hydrogens (tertiary/aromatic N) is 1. The standard InChI is InChI=1S/C16H21N3O2S.HI/c1-17-16(19-11-13-6-9-22-12-13)18-7-8-21-15-5-3-4-14(10-15)20-2;/h3-6,9-10,12H,7-8,11H2,1-2H3,(H2,17,18,19);1H. The van der Waals surface area contributed by atoms with Crippen molar-refractivity contribution in [1.29, 1.82) is 0 Å². The van der Waals surface area contributed by atoms with Gasteiger partial charge in [-0.15, -0.1) is 24.0 Å². The molecular weight excluding hydrogens is 425 g/mol. The van der Waals surface area contributed by atoms with Crippen LogP contribution in [-0.4, -0.2) is 33.3 Å². The molecule has 0 bridgehead atoms. The summed E-state index contributed by atoms with van der Waals surface area (Å²) in [6.45, 7) is 1.98. The highest BCUT2D eigenvalue weighted by Gasteiger charge is 2.00. The van der Waals surface area contributed by atoms with Gasteiger partial charge in [0.05, 0.1) is 13.7 Å². The van der Waals surface area contributed by atoms with Crippen molar-refractivity contribution in [3.05, 3.63) is 46.7 Å². The lowest BCUT2D eigenvalue weighted by molar-refractivity contribution is 0.319. The number of nitrogens with one attached hydrogen (secondary N) is 2. The van der Waals surface area contributed by atoms with Crippen molar-refractivity contribution < 1.29 is 9.47 Å². The third-order valence-electron chi connectivity index (χ3n) is 2.97. The van der Waals surface area contributed by atoms with Crippen LogP contribution in [0.3, 0.4) is 0 Å². The van der Waals surface area contributed by atoms with Crippen molar-refractivity contribution in [2.75, 3.05) is 27.3 Å². The maximum Gasteiger partial charge on any atom is 0.191 e. The average molecular weight is 447 g/mol. The Balaban J connectivity index is 0.00000264. The van der Waals surface area contributed by atoms with Crippen LogP contribution in [0.25, 0.3) is 0 Å². The van der Waals surface area contributed by atoms with Gasteiger partial charge in [-0.05, 0) is 34.5 Å². The third-order valence-corrected chi connectivity index (χ3v) is 3.70. The molecule has 1 aromatic carbocycles. The van der Waals surface area contributed by atoms with E-state index in [9.17, 15) is 0 Å². The molecule has 126 valence electrons. The minimum absolute atomic E-state index is 0. The summed E-state index contributed by atoms with van der Waals surface area (Å²) in [5, 5.41) is 10.7. The van der Waals surface area contributed by atoms with Crippen LogP contribution in [0.1, 0.15) is 5.56 Å². The molecule has 0 spiro atoms. The number of ether oxygens (including phenoxy) is 2. The molecule has 2 aromatic rings. The van der Waals surface area contributed by atoms with Gasteiger partial charge >= 0.3 is 0 Å². The van der Waals surface area contributed by atoms with E-state index >= 15 is 0 Å². The van der Waals surface area contributed by atoms with Crippen LogP contribution in [0.15, 0.2) is 46.1 Å². The van der Waals surface area contributed by atoms with Crippen LogP contribution < -0.4 is 20.1 Å². The van der Waals surface area contributed by atoms with Crippen LogP contribution in [0, 0.1) is 0 Å². The summed E-state index contributed by atoms with van der Waals surface area (Å²) in [6.07, 6.45) is 0. The Morgan fingerprint density at radius 3 is 2.74 bits per heavy atom. The summed E-state index contributed by atoms with van der Waals surface area (Å²) >= 11 is 1.69. The lowest BCUT2D eigenvalue weighted by Crippen LogP contribution is -2.38. The van der Waals surface area contributed by atoms with Crippen LogP contribution >= 0.6 is 35.3 Å². The summed E-state index contributed by atoms with van der Waals surface area (Å²) < 4.78 is 10.8. The van der Waals surface area contributed by atoms with Crippen molar-refractivity contribution >= 4 is 41.3 Å². The van der Waals surface area contributed by atoms with Gasteiger partial charge in [0, 0.05) is 19.7 Å². The fourth-order valence-electron chi connectivity index (χ4n) is 1.83. The van der Waals surface area contributed by atoms with E-state index < -0.39 is 0 Å². The Hall–Kier alpha value is -1.48. The summed E-state index contributed by atoms with van der Waals surface area (Å²) in [6, 6.07) is 9.66. The zero-order valence-electron chi connectivity index (χ0n) is 13.2. The molecule has 0 fully saturated rings. The van der Waals surface area contributed by atoms with Gasteiger partial charge in [0.1, 0.15) is 18.1 Å². The zero-order valence-corrected chi connectivity index (χ0v) is 16.4. The summed E-state index contributed by atoms with van der Waals surface area (Å²) in [7, 11) is 3.40. The van der Waals surface area contributed by atoms with Gasteiger partial charge in [-0.3, -0.25) is 4.99 Å². The maximum absolute atomic E-state index is 5.67. The van der Waals surface area contributed by atoms with Gasteiger partial charge in [-0.25, -0.2) is 0 Å². The Morgan fingerprint density at radius 2 is 2.04 bits per heavy atom. The maximum atomic E-state index is 5.67. The van der Waals surface area contributed by atoms with E-state index in [0.29, 0.717) is 13.2 Å². The minimum Gasteiger partial charge on any atom is -0.497 e. The quantitative estimate of drug-likeness (QED) is 0.297. The number of aliphatic imine (C=N–C) groups is 1. The molecule has 0 unspecified atom stereocenters. The van der Waals surface area contributed by atoms with Crippen LogP contribution in [0.4, 0.5) is 0 Å². The average Bonchev–Trinajstić information content (AvgIpc) is 3.08. The zero-order chi connectivity index (χ0) is 15.6. The summed E-state index contributed by atoms with van der Waals surface area (Å²) in [5.41, 5.74) is 1.25. The van der Waals surface area contributed by atoms with Gasteiger partial charge in [0.2, 0.25) is 0 Å². The molecule has 2 N–H and O–H groups in total. The van der Waals surface area contributed by atoms with Crippen LogP contribution in [0.2, 0.25) is 0 Å². The molecular formula is C16H22IN3O2S. The van der Waals surface area contributed by atoms with Gasteiger partial charge in [0.15, 0.2) is 5.96 Å². The number of halogens is 1. The van der Waals surface area contributed by atoms with Gasteiger partial charge in [-0.2, -0.15) is 11.3 Å². The molecule has 7 heteroatoms. The van der Waals surface area contributed by atoms with E-state index in [1.165, 1.54) is 5.56 Å². The molecule has 0 atom stereocenters. The van der Waals surface area contributed by atoms with Crippen molar-refractivity contribution in [3.8, 4) is 11.5 Å². The number of thiophene rings is 1. The predicted octanol–water partition coefficient (Wildman–Crippen LogP) is 3.12. The molecule has 0 amide bonds. The Labute approximate surface area is 158 Å². The number of hydrogen-bond donors (Lipinski definition) is 2. The van der Waals surface area contributed by atoms with Crippen molar-refractivity contribution in [2.45, 2.75) is 6.54 Å². The minimum atomic E-state index is 0. The number of rotatable bonds is 7. The first-order valence-corrected chi connectivity index (χ1v) is 7.98. The molecule has 0 saturated heterocycles. The highest BCUT2D eigenvalue weighted by atomic mass is 127. The SMILES string of the molecule is CN=C(NCCOc1cccc(OC)c1)NCc1ccsc1.I. The largest absolute Gasteiger partial charge is 0.497 e. The normalized spacial score (nSPS) is 10.6. The number of methoxy groups -OCH3 is 1. The van der Waals surface area contributed by atoms with Crippen LogP contribution in [-0.2, 0) is 6.54 Å². The molecule has 23 heavy (non-hydrogen) atoms. The highest BCUT2D eigenvalue weighted by Crippen LogP contribution is 2.18. The molecule has 0 aliphatic rings. The Morgan fingerprint density at radius 1 is 1.22 bits per heavy atom. The van der Waals surface area contributed by atoms with Crippen molar-refractivity contribution in [2.24, 2.45) is 4.99 Å². The third kappa shape index (κ3) is 7.08. The first kappa shape index (κ1) is 19.6. The van der Waals surface area contributed by atoms with E-state index in [4.69, 9.17) is 9.47 Å². The lowest BCUT2D eigenvalue weighted by atomic mass is 10.3. The van der Waals surface area contributed by atoms with Crippen LogP contribution in [0.5, 0.6) is 11.5 Å². The first-order valence-electron chi connectivity index (χ1n) is 7.04. The number of guanidine groups is 1. The van der Waals surface area contributed by atoms with Gasteiger partial charge in [-0.1, -0.05) is 6.07 Å². The second-order valence-corrected chi connectivity index (χ2v) is 5.29. The molecule has 1 aromatic heterocycles. The molecule has 1 heterocycles. The second kappa shape index (κ2) is 11.1.